The second-order valence-corrected chi connectivity index (χ2v) is 6.88. The molecule has 0 aromatic carbocycles. The Bertz CT molecular complexity index is 401. The Balaban J connectivity index is 2.00. The van der Waals surface area contributed by atoms with Gasteiger partial charge >= 0.3 is 0 Å². The summed E-state index contributed by atoms with van der Waals surface area (Å²) < 4.78 is 0. The van der Waals surface area contributed by atoms with Gasteiger partial charge in [0, 0.05) is 31.4 Å². The zero-order valence-electron chi connectivity index (χ0n) is 13.3. The van der Waals surface area contributed by atoms with Crippen LogP contribution in [-0.4, -0.2) is 23.6 Å². The van der Waals surface area contributed by atoms with Crippen LogP contribution in [0.4, 0.5) is 5.82 Å². The number of nitrogens with one attached hydrogen (secondary N) is 1. The van der Waals surface area contributed by atoms with Crippen molar-refractivity contribution >= 4 is 5.82 Å². The molecular weight excluding hydrogens is 246 g/mol. The molecule has 2 heterocycles. The summed E-state index contributed by atoms with van der Waals surface area (Å²) >= 11 is 0. The monoisotopic (exact) mass is 275 g/mol. The smallest absolute Gasteiger partial charge is 0.128 e. The van der Waals surface area contributed by atoms with E-state index in [0.29, 0.717) is 0 Å². The highest BCUT2D eigenvalue weighted by Crippen LogP contribution is 2.18. The molecule has 0 atom stereocenters. The number of hydrogen-bond donors (Lipinski definition) is 1. The SMILES string of the molecule is CC(C)(C)NCc1ccnc(N2CCCCCCC2)c1. The van der Waals surface area contributed by atoms with Crippen molar-refractivity contribution in [3.63, 3.8) is 0 Å². The molecule has 0 radical (unpaired) electrons. The van der Waals surface area contributed by atoms with Gasteiger partial charge in [-0.2, -0.15) is 0 Å². The van der Waals surface area contributed by atoms with E-state index in [1.54, 1.807) is 0 Å². The Morgan fingerprint density at radius 1 is 1.10 bits per heavy atom. The average Bonchev–Trinajstić information content (AvgIpc) is 2.35. The summed E-state index contributed by atoms with van der Waals surface area (Å²) in [6.07, 6.45) is 8.67. The van der Waals surface area contributed by atoms with Crippen LogP contribution in [0.2, 0.25) is 0 Å². The number of rotatable bonds is 3. The van der Waals surface area contributed by atoms with E-state index in [1.807, 2.05) is 6.20 Å². The van der Waals surface area contributed by atoms with Crippen LogP contribution >= 0.6 is 0 Å². The molecule has 0 aliphatic carbocycles. The van der Waals surface area contributed by atoms with E-state index in [4.69, 9.17) is 0 Å². The molecule has 0 bridgehead atoms. The highest BCUT2D eigenvalue weighted by atomic mass is 15.2. The summed E-state index contributed by atoms with van der Waals surface area (Å²) in [7, 11) is 0. The van der Waals surface area contributed by atoms with Crippen molar-refractivity contribution < 1.29 is 0 Å². The lowest BCUT2D eigenvalue weighted by Gasteiger charge is -2.26. The lowest BCUT2D eigenvalue weighted by molar-refractivity contribution is 0.424. The van der Waals surface area contributed by atoms with Gasteiger partial charge in [-0.15, -0.1) is 0 Å². The van der Waals surface area contributed by atoms with Crippen LogP contribution in [0, 0.1) is 0 Å². The fourth-order valence-electron chi connectivity index (χ4n) is 2.59. The maximum atomic E-state index is 4.58. The minimum atomic E-state index is 0.157. The van der Waals surface area contributed by atoms with Crippen molar-refractivity contribution in [2.24, 2.45) is 0 Å². The van der Waals surface area contributed by atoms with E-state index >= 15 is 0 Å². The number of nitrogens with zero attached hydrogens (tertiary/aromatic N) is 2. The first-order chi connectivity index (χ1) is 9.54. The Kier molecular flexibility index (Phi) is 5.41. The van der Waals surface area contributed by atoms with Crippen molar-refractivity contribution in [2.45, 2.75) is 65.0 Å². The number of hydrogen-bond acceptors (Lipinski definition) is 3. The summed E-state index contributed by atoms with van der Waals surface area (Å²) in [5, 5.41) is 3.54. The van der Waals surface area contributed by atoms with Crippen LogP contribution in [0.3, 0.4) is 0 Å². The highest BCUT2D eigenvalue weighted by molar-refractivity contribution is 5.41. The molecule has 0 spiro atoms. The van der Waals surface area contributed by atoms with Gasteiger partial charge in [0.05, 0.1) is 0 Å². The van der Waals surface area contributed by atoms with Crippen LogP contribution < -0.4 is 10.2 Å². The molecular formula is C17H29N3. The standard InChI is InChI=1S/C17H29N3/c1-17(2,3)19-14-15-9-10-18-16(13-15)20-11-7-5-4-6-8-12-20/h9-10,13,19H,4-8,11-12,14H2,1-3H3. The van der Waals surface area contributed by atoms with Crippen molar-refractivity contribution in [3.05, 3.63) is 23.9 Å². The zero-order valence-corrected chi connectivity index (χ0v) is 13.3. The van der Waals surface area contributed by atoms with Gasteiger partial charge in [0.25, 0.3) is 0 Å². The summed E-state index contributed by atoms with van der Waals surface area (Å²) in [5.41, 5.74) is 1.48. The van der Waals surface area contributed by atoms with Crippen LogP contribution in [0.1, 0.15) is 58.4 Å². The molecule has 1 aromatic rings. The van der Waals surface area contributed by atoms with E-state index in [1.165, 1.54) is 37.7 Å². The third kappa shape index (κ3) is 5.12. The van der Waals surface area contributed by atoms with Gasteiger partial charge in [-0.05, 0) is 51.3 Å². The molecule has 20 heavy (non-hydrogen) atoms. The first-order valence-corrected chi connectivity index (χ1v) is 7.99. The van der Waals surface area contributed by atoms with Crippen LogP contribution in [0.25, 0.3) is 0 Å². The van der Waals surface area contributed by atoms with Crippen LogP contribution in [0.5, 0.6) is 0 Å². The lowest BCUT2D eigenvalue weighted by Crippen LogP contribution is -2.35. The van der Waals surface area contributed by atoms with Crippen molar-refractivity contribution in [3.8, 4) is 0 Å². The molecule has 1 saturated heterocycles. The van der Waals surface area contributed by atoms with Crippen molar-refractivity contribution in [2.75, 3.05) is 18.0 Å². The summed E-state index contributed by atoms with van der Waals surface area (Å²) in [4.78, 5) is 7.04. The van der Waals surface area contributed by atoms with Crippen molar-refractivity contribution in [1.29, 1.82) is 0 Å². The molecule has 1 aliphatic heterocycles. The molecule has 3 nitrogen and oxygen atoms in total. The Labute approximate surface area is 123 Å². The third-order valence-electron chi connectivity index (χ3n) is 3.81. The summed E-state index contributed by atoms with van der Waals surface area (Å²) in [6, 6.07) is 4.37. The normalized spacial score (nSPS) is 17.6. The number of anilines is 1. The van der Waals surface area contributed by atoms with Gasteiger partial charge in [-0.3, -0.25) is 0 Å². The molecule has 3 heteroatoms. The predicted octanol–water partition coefficient (Wildman–Crippen LogP) is 3.74. The molecule has 1 N–H and O–H groups in total. The van der Waals surface area contributed by atoms with Crippen LogP contribution in [0.15, 0.2) is 18.3 Å². The number of aromatic nitrogens is 1. The fourth-order valence-corrected chi connectivity index (χ4v) is 2.59. The first kappa shape index (κ1) is 15.3. The minimum absolute atomic E-state index is 0.157. The molecule has 1 aliphatic rings. The van der Waals surface area contributed by atoms with Gasteiger partial charge in [0.1, 0.15) is 5.82 Å². The van der Waals surface area contributed by atoms with E-state index in [0.717, 1.165) is 25.5 Å². The van der Waals surface area contributed by atoms with Crippen LogP contribution in [-0.2, 0) is 6.54 Å². The molecule has 1 aromatic heterocycles. The Hall–Kier alpha value is -1.09. The lowest BCUT2D eigenvalue weighted by atomic mass is 10.1. The maximum Gasteiger partial charge on any atom is 0.128 e. The summed E-state index contributed by atoms with van der Waals surface area (Å²) in [5.74, 6) is 1.15. The molecule has 0 saturated carbocycles. The van der Waals surface area contributed by atoms with E-state index in [9.17, 15) is 0 Å². The molecule has 2 rings (SSSR count). The molecule has 1 fully saturated rings. The summed E-state index contributed by atoms with van der Waals surface area (Å²) in [6.45, 7) is 9.83. The van der Waals surface area contributed by atoms with Crippen molar-refractivity contribution in [1.82, 2.24) is 10.3 Å². The second kappa shape index (κ2) is 7.07. The zero-order chi connectivity index (χ0) is 14.4. The minimum Gasteiger partial charge on any atom is -0.357 e. The van der Waals surface area contributed by atoms with Gasteiger partial charge in [-0.25, -0.2) is 4.98 Å². The van der Waals surface area contributed by atoms with Gasteiger partial charge in [0.15, 0.2) is 0 Å². The second-order valence-electron chi connectivity index (χ2n) is 6.88. The van der Waals surface area contributed by atoms with Gasteiger partial charge < -0.3 is 10.2 Å². The quantitative estimate of drug-likeness (QED) is 0.911. The maximum absolute atomic E-state index is 4.58. The molecule has 0 unspecified atom stereocenters. The number of pyridine rings is 1. The first-order valence-electron chi connectivity index (χ1n) is 7.99. The van der Waals surface area contributed by atoms with Gasteiger partial charge in [0.2, 0.25) is 0 Å². The van der Waals surface area contributed by atoms with E-state index in [2.05, 4.69) is 48.1 Å². The fraction of sp³-hybridized carbons (Fsp3) is 0.706. The van der Waals surface area contributed by atoms with E-state index < -0.39 is 0 Å². The average molecular weight is 275 g/mol. The highest BCUT2D eigenvalue weighted by Gasteiger charge is 2.12. The Morgan fingerprint density at radius 3 is 2.40 bits per heavy atom. The molecule has 112 valence electrons. The van der Waals surface area contributed by atoms with E-state index in [-0.39, 0.29) is 5.54 Å². The third-order valence-corrected chi connectivity index (χ3v) is 3.81. The predicted molar refractivity (Wildman–Crippen MR) is 86.1 cm³/mol. The topological polar surface area (TPSA) is 28.2 Å². The Morgan fingerprint density at radius 2 is 1.75 bits per heavy atom. The molecule has 0 amide bonds. The largest absolute Gasteiger partial charge is 0.357 e. The van der Waals surface area contributed by atoms with Gasteiger partial charge in [-0.1, -0.05) is 19.3 Å².